The summed E-state index contributed by atoms with van der Waals surface area (Å²) in [6.45, 7) is 2.15. The Bertz CT molecular complexity index is 589. The number of benzene rings is 1. The lowest BCUT2D eigenvalue weighted by Crippen LogP contribution is -2.11. The van der Waals surface area contributed by atoms with Crippen LogP contribution in [0.4, 0.5) is 10.1 Å². The third-order valence-corrected chi connectivity index (χ3v) is 3.99. The van der Waals surface area contributed by atoms with Crippen molar-refractivity contribution in [2.75, 3.05) is 5.32 Å². The zero-order valence-corrected chi connectivity index (χ0v) is 14.1. The molecule has 1 aromatic carbocycles. The zero-order chi connectivity index (χ0) is 15.2. The van der Waals surface area contributed by atoms with Crippen molar-refractivity contribution in [3.8, 4) is 0 Å². The third-order valence-electron chi connectivity index (χ3n) is 3.25. The van der Waals surface area contributed by atoms with Crippen molar-refractivity contribution in [1.82, 2.24) is 4.98 Å². The number of anilines is 1. The Morgan fingerprint density at radius 1 is 1.33 bits per heavy atom. The minimum Gasteiger partial charge on any atom is -0.376 e. The molecule has 1 aromatic heterocycles. The van der Waals surface area contributed by atoms with Crippen molar-refractivity contribution in [2.45, 2.75) is 32.2 Å². The number of aromatic nitrogens is 1. The SMILES string of the molecule is CCCCC(Nc1cc(Br)cnc1Cl)c1ccc(F)cc1. The highest BCUT2D eigenvalue weighted by atomic mass is 79.9. The molecule has 0 fully saturated rings. The van der Waals surface area contributed by atoms with Crippen LogP contribution in [0.2, 0.25) is 5.15 Å². The second-order valence-corrected chi connectivity index (χ2v) is 6.16. The Balaban J connectivity index is 2.23. The van der Waals surface area contributed by atoms with Gasteiger partial charge in [0, 0.05) is 10.7 Å². The van der Waals surface area contributed by atoms with E-state index < -0.39 is 0 Å². The Morgan fingerprint density at radius 2 is 2.05 bits per heavy atom. The highest BCUT2D eigenvalue weighted by Crippen LogP contribution is 2.30. The Kier molecular flexibility index (Phi) is 6.00. The van der Waals surface area contributed by atoms with Gasteiger partial charge in [0.05, 0.1) is 11.7 Å². The topological polar surface area (TPSA) is 24.9 Å². The average Bonchev–Trinajstić information content (AvgIpc) is 2.48. The normalized spacial score (nSPS) is 12.2. The number of halogens is 3. The van der Waals surface area contributed by atoms with Gasteiger partial charge in [-0.3, -0.25) is 0 Å². The molecule has 5 heteroatoms. The van der Waals surface area contributed by atoms with E-state index in [4.69, 9.17) is 11.6 Å². The highest BCUT2D eigenvalue weighted by Gasteiger charge is 2.13. The summed E-state index contributed by atoms with van der Waals surface area (Å²) in [5.74, 6) is -0.227. The van der Waals surface area contributed by atoms with Crippen molar-refractivity contribution in [2.24, 2.45) is 0 Å². The number of hydrogen-bond acceptors (Lipinski definition) is 2. The molecule has 1 N–H and O–H groups in total. The van der Waals surface area contributed by atoms with Gasteiger partial charge in [0.2, 0.25) is 0 Å². The van der Waals surface area contributed by atoms with Crippen LogP contribution < -0.4 is 5.32 Å². The van der Waals surface area contributed by atoms with Crippen LogP contribution in [0.1, 0.15) is 37.8 Å². The Labute approximate surface area is 137 Å². The average molecular weight is 372 g/mol. The van der Waals surface area contributed by atoms with Crippen LogP contribution in [-0.2, 0) is 0 Å². The Hall–Kier alpha value is -1.13. The second kappa shape index (κ2) is 7.76. The standard InChI is InChI=1S/C16H17BrClFN2/c1-2-3-4-14(11-5-7-13(19)8-6-11)21-15-9-12(17)10-20-16(15)18/h5-10,14,21H,2-4H2,1H3. The van der Waals surface area contributed by atoms with Gasteiger partial charge in [0.1, 0.15) is 5.82 Å². The minimum absolute atomic E-state index is 0.0825. The van der Waals surface area contributed by atoms with Crippen LogP contribution in [-0.4, -0.2) is 4.98 Å². The third kappa shape index (κ3) is 4.68. The first kappa shape index (κ1) is 16.2. The molecule has 0 spiro atoms. The van der Waals surface area contributed by atoms with Crippen LogP contribution in [0, 0.1) is 5.82 Å². The van der Waals surface area contributed by atoms with Crippen LogP contribution in [0.15, 0.2) is 41.0 Å². The maximum absolute atomic E-state index is 13.1. The number of pyridine rings is 1. The van der Waals surface area contributed by atoms with Gasteiger partial charge in [0.25, 0.3) is 0 Å². The zero-order valence-electron chi connectivity index (χ0n) is 11.7. The predicted molar refractivity (Wildman–Crippen MR) is 89.2 cm³/mol. The first-order valence-electron chi connectivity index (χ1n) is 6.93. The van der Waals surface area contributed by atoms with Gasteiger partial charge in [-0.15, -0.1) is 0 Å². The van der Waals surface area contributed by atoms with Gasteiger partial charge in [-0.2, -0.15) is 0 Å². The van der Waals surface area contributed by atoms with E-state index in [0.717, 1.165) is 35.0 Å². The number of nitrogens with zero attached hydrogens (tertiary/aromatic N) is 1. The molecule has 2 aromatic rings. The molecular formula is C16H17BrClFN2. The van der Waals surface area contributed by atoms with Gasteiger partial charge < -0.3 is 5.32 Å². The molecule has 0 saturated carbocycles. The molecule has 2 nitrogen and oxygen atoms in total. The number of rotatable bonds is 6. The molecule has 1 atom stereocenters. The van der Waals surface area contributed by atoms with E-state index in [1.165, 1.54) is 12.1 Å². The summed E-state index contributed by atoms with van der Waals surface area (Å²) in [4.78, 5) is 4.12. The summed E-state index contributed by atoms with van der Waals surface area (Å²) in [5, 5.41) is 3.84. The largest absolute Gasteiger partial charge is 0.376 e. The van der Waals surface area contributed by atoms with Crippen LogP contribution >= 0.6 is 27.5 Å². The molecule has 2 rings (SSSR count). The lowest BCUT2D eigenvalue weighted by molar-refractivity contribution is 0.616. The molecule has 0 saturated heterocycles. The molecule has 0 bridgehead atoms. The van der Waals surface area contributed by atoms with Crippen LogP contribution in [0.25, 0.3) is 0 Å². The van der Waals surface area contributed by atoms with Gasteiger partial charge in [-0.05, 0) is 46.1 Å². The fourth-order valence-electron chi connectivity index (χ4n) is 2.14. The molecule has 21 heavy (non-hydrogen) atoms. The maximum Gasteiger partial charge on any atom is 0.152 e. The number of hydrogen-bond donors (Lipinski definition) is 1. The van der Waals surface area contributed by atoms with Gasteiger partial charge >= 0.3 is 0 Å². The fourth-order valence-corrected chi connectivity index (χ4v) is 2.63. The summed E-state index contributed by atoms with van der Waals surface area (Å²) < 4.78 is 14.0. The van der Waals surface area contributed by atoms with E-state index in [9.17, 15) is 4.39 Å². The van der Waals surface area contributed by atoms with E-state index in [2.05, 4.69) is 33.2 Å². The lowest BCUT2D eigenvalue weighted by atomic mass is 10.0. The predicted octanol–water partition coefficient (Wildman–Crippen LogP) is 5.98. The summed E-state index contributed by atoms with van der Waals surface area (Å²) in [5.41, 5.74) is 1.82. The van der Waals surface area contributed by atoms with Gasteiger partial charge in [0.15, 0.2) is 5.15 Å². The molecule has 0 amide bonds. The van der Waals surface area contributed by atoms with Crippen molar-refractivity contribution in [1.29, 1.82) is 0 Å². The van der Waals surface area contributed by atoms with Crippen molar-refractivity contribution >= 4 is 33.2 Å². The minimum atomic E-state index is -0.227. The summed E-state index contributed by atoms with van der Waals surface area (Å²) in [6.07, 6.45) is 4.79. The molecule has 112 valence electrons. The van der Waals surface area contributed by atoms with Crippen molar-refractivity contribution < 1.29 is 4.39 Å². The number of nitrogens with one attached hydrogen (secondary N) is 1. The second-order valence-electron chi connectivity index (χ2n) is 4.88. The van der Waals surface area contributed by atoms with E-state index in [1.807, 2.05) is 18.2 Å². The highest BCUT2D eigenvalue weighted by molar-refractivity contribution is 9.10. The first-order valence-corrected chi connectivity index (χ1v) is 8.10. The quantitative estimate of drug-likeness (QED) is 0.632. The van der Waals surface area contributed by atoms with E-state index in [0.29, 0.717) is 5.15 Å². The maximum atomic E-state index is 13.1. The Morgan fingerprint density at radius 3 is 2.71 bits per heavy atom. The van der Waals surface area contributed by atoms with Crippen molar-refractivity contribution in [3.05, 3.63) is 57.5 Å². The molecular weight excluding hydrogens is 355 g/mol. The van der Waals surface area contributed by atoms with Crippen LogP contribution in [0.3, 0.4) is 0 Å². The van der Waals surface area contributed by atoms with E-state index >= 15 is 0 Å². The molecule has 1 heterocycles. The van der Waals surface area contributed by atoms with Crippen molar-refractivity contribution in [3.63, 3.8) is 0 Å². The lowest BCUT2D eigenvalue weighted by Gasteiger charge is -2.21. The number of unbranched alkanes of at least 4 members (excludes halogenated alkanes) is 1. The molecule has 0 aliphatic rings. The summed E-state index contributed by atoms with van der Waals surface area (Å²) in [6, 6.07) is 8.56. The smallest absolute Gasteiger partial charge is 0.152 e. The first-order chi connectivity index (χ1) is 10.1. The van der Waals surface area contributed by atoms with Gasteiger partial charge in [-0.25, -0.2) is 9.37 Å². The van der Waals surface area contributed by atoms with E-state index in [-0.39, 0.29) is 11.9 Å². The van der Waals surface area contributed by atoms with E-state index in [1.54, 1.807) is 6.20 Å². The van der Waals surface area contributed by atoms with Crippen LogP contribution in [0.5, 0.6) is 0 Å². The summed E-state index contributed by atoms with van der Waals surface area (Å²) in [7, 11) is 0. The molecule has 1 unspecified atom stereocenters. The fraction of sp³-hybridized carbons (Fsp3) is 0.312. The summed E-state index contributed by atoms with van der Waals surface area (Å²) >= 11 is 9.53. The van der Waals surface area contributed by atoms with Gasteiger partial charge in [-0.1, -0.05) is 43.5 Å². The molecule has 0 aliphatic carbocycles. The molecule has 0 aliphatic heterocycles. The molecule has 0 radical (unpaired) electrons. The monoisotopic (exact) mass is 370 g/mol.